The summed E-state index contributed by atoms with van der Waals surface area (Å²) in [6, 6.07) is 17.5. The third-order valence-corrected chi connectivity index (χ3v) is 6.49. The van der Waals surface area contributed by atoms with Crippen LogP contribution in [-0.4, -0.2) is 50.2 Å². The summed E-state index contributed by atoms with van der Waals surface area (Å²) < 4.78 is 43.7. The Balaban J connectivity index is 1.56. The van der Waals surface area contributed by atoms with E-state index in [1.165, 1.54) is 4.57 Å². The van der Waals surface area contributed by atoms with E-state index in [0.29, 0.717) is 46.9 Å². The molecule has 1 fully saturated rings. The first-order chi connectivity index (χ1) is 16.7. The Morgan fingerprint density at radius 2 is 1.83 bits per heavy atom. The van der Waals surface area contributed by atoms with Crippen LogP contribution in [0.25, 0.3) is 33.8 Å². The van der Waals surface area contributed by atoms with Crippen LogP contribution in [0.5, 0.6) is 0 Å². The summed E-state index contributed by atoms with van der Waals surface area (Å²) >= 11 is 0. The Labute approximate surface area is 200 Å². The summed E-state index contributed by atoms with van der Waals surface area (Å²) in [4.78, 5) is 19.4. The number of benzene rings is 2. The van der Waals surface area contributed by atoms with E-state index < -0.39 is 12.7 Å². The third kappa shape index (κ3) is 4.55. The number of likely N-dealkylation sites (tertiary alicyclic amines) is 1. The summed E-state index contributed by atoms with van der Waals surface area (Å²) in [5.41, 5.74) is 9.31. The number of aromatic nitrogens is 3. The molecule has 1 saturated heterocycles. The van der Waals surface area contributed by atoms with Crippen molar-refractivity contribution in [2.75, 3.05) is 13.1 Å². The second-order valence-electron chi connectivity index (χ2n) is 9.02. The largest absolute Gasteiger partial charge is 0.406 e. The Morgan fingerprint density at radius 3 is 2.54 bits per heavy atom. The van der Waals surface area contributed by atoms with E-state index in [0.717, 1.165) is 18.4 Å². The molecule has 1 amide bonds. The number of fused-ring (bicyclic) bond motifs is 1. The maximum Gasteiger partial charge on any atom is 0.406 e. The van der Waals surface area contributed by atoms with Crippen LogP contribution < -0.4 is 5.73 Å². The fourth-order valence-corrected chi connectivity index (χ4v) is 4.81. The molecule has 1 atom stereocenters. The predicted molar refractivity (Wildman–Crippen MR) is 129 cm³/mol. The summed E-state index contributed by atoms with van der Waals surface area (Å²) in [6.45, 7) is 0.0323. The molecule has 0 saturated carbocycles. The van der Waals surface area contributed by atoms with Crippen LogP contribution in [0.2, 0.25) is 0 Å². The zero-order valence-corrected chi connectivity index (χ0v) is 19.3. The highest BCUT2D eigenvalue weighted by molar-refractivity contribution is 5.98. The van der Waals surface area contributed by atoms with Gasteiger partial charge in [-0.3, -0.25) is 4.79 Å². The van der Waals surface area contributed by atoms with E-state index in [-0.39, 0.29) is 11.9 Å². The van der Waals surface area contributed by atoms with Gasteiger partial charge in [0.05, 0.1) is 16.7 Å². The average Bonchev–Trinajstić information content (AvgIpc) is 3.38. The van der Waals surface area contributed by atoms with Gasteiger partial charge in [0.2, 0.25) is 0 Å². The third-order valence-electron chi connectivity index (χ3n) is 6.49. The fraction of sp³-hybridized carbons (Fsp3) is 0.308. The molecular formula is C26H26F3N5O. The molecule has 35 heavy (non-hydrogen) atoms. The molecule has 6 nitrogen and oxygen atoms in total. The quantitative estimate of drug-likeness (QED) is 0.454. The van der Waals surface area contributed by atoms with Crippen molar-refractivity contribution >= 4 is 16.9 Å². The second-order valence-corrected chi connectivity index (χ2v) is 9.02. The van der Waals surface area contributed by atoms with Crippen LogP contribution >= 0.6 is 0 Å². The lowest BCUT2D eigenvalue weighted by molar-refractivity contribution is -0.140. The number of rotatable bonds is 4. The van der Waals surface area contributed by atoms with Crippen molar-refractivity contribution in [3.63, 3.8) is 0 Å². The highest BCUT2D eigenvalue weighted by atomic mass is 19.4. The average molecular weight is 482 g/mol. The minimum Gasteiger partial charge on any atom is -0.337 e. The van der Waals surface area contributed by atoms with Crippen LogP contribution in [0, 0.1) is 0 Å². The van der Waals surface area contributed by atoms with Gasteiger partial charge in [-0.15, -0.1) is 0 Å². The van der Waals surface area contributed by atoms with Crippen molar-refractivity contribution in [1.82, 2.24) is 19.0 Å². The van der Waals surface area contributed by atoms with Crippen molar-refractivity contribution in [3.8, 4) is 22.8 Å². The molecule has 4 aromatic rings. The van der Waals surface area contributed by atoms with Gasteiger partial charge in [0.15, 0.2) is 5.82 Å². The Hall–Kier alpha value is -3.59. The normalized spacial score (nSPS) is 16.7. The first-order valence-electron chi connectivity index (χ1n) is 11.5. The molecule has 1 aliphatic rings. The van der Waals surface area contributed by atoms with Crippen LogP contribution in [0.1, 0.15) is 23.2 Å². The molecule has 0 unspecified atom stereocenters. The van der Waals surface area contributed by atoms with Gasteiger partial charge in [0, 0.05) is 37.4 Å². The van der Waals surface area contributed by atoms with Gasteiger partial charge in [-0.2, -0.15) is 13.2 Å². The smallest absolute Gasteiger partial charge is 0.337 e. The number of imidazole rings is 1. The number of hydrogen-bond acceptors (Lipinski definition) is 3. The number of hydrogen-bond donors (Lipinski definition) is 1. The lowest BCUT2D eigenvalue weighted by Crippen LogP contribution is -2.45. The molecule has 3 heterocycles. The van der Waals surface area contributed by atoms with E-state index >= 15 is 0 Å². The topological polar surface area (TPSA) is 69.1 Å². The first-order valence-corrected chi connectivity index (χ1v) is 11.5. The number of carbonyl (C=O) groups is 1. The molecule has 0 bridgehead atoms. The van der Waals surface area contributed by atoms with E-state index in [4.69, 9.17) is 5.73 Å². The van der Waals surface area contributed by atoms with Gasteiger partial charge in [0.1, 0.15) is 6.54 Å². The Morgan fingerprint density at radius 1 is 1.09 bits per heavy atom. The number of piperidine rings is 1. The Kier molecular flexibility index (Phi) is 5.88. The summed E-state index contributed by atoms with van der Waals surface area (Å²) in [7, 11) is 1.77. The lowest BCUT2D eigenvalue weighted by atomic mass is 10.1. The molecule has 1 aliphatic heterocycles. The van der Waals surface area contributed by atoms with Gasteiger partial charge in [0.25, 0.3) is 5.91 Å². The minimum absolute atomic E-state index is 0.0295. The lowest BCUT2D eigenvalue weighted by Gasteiger charge is -2.30. The number of carbonyl (C=O) groups excluding carboxylic acids is 1. The van der Waals surface area contributed by atoms with Crippen molar-refractivity contribution in [3.05, 3.63) is 66.2 Å². The number of alkyl halides is 3. The van der Waals surface area contributed by atoms with E-state index in [1.807, 2.05) is 6.07 Å². The van der Waals surface area contributed by atoms with Crippen molar-refractivity contribution in [2.24, 2.45) is 12.8 Å². The fourth-order valence-electron chi connectivity index (χ4n) is 4.81. The highest BCUT2D eigenvalue weighted by Gasteiger charge is 2.31. The van der Waals surface area contributed by atoms with Gasteiger partial charge in [-0.05, 0) is 48.7 Å². The standard InChI is InChI=1S/C26H26F3N5O/c1-32-22-10-9-18(25(35)33-13-5-8-19(30)15-33)14-20(22)31-24(32)23-12-11-21(17-6-3-2-4-7-17)34(23)16-26(27,28)29/h2-4,6-7,9-12,14,19H,5,8,13,15-16,30H2,1H3/t19-/m1/s1. The molecule has 182 valence electrons. The van der Waals surface area contributed by atoms with Crippen molar-refractivity contribution in [1.29, 1.82) is 0 Å². The number of nitrogens with two attached hydrogens (primary N) is 1. The summed E-state index contributed by atoms with van der Waals surface area (Å²) in [5, 5.41) is 0. The molecule has 0 spiro atoms. The van der Waals surface area contributed by atoms with Gasteiger partial charge >= 0.3 is 6.18 Å². The molecule has 5 rings (SSSR count). The second kappa shape index (κ2) is 8.88. The Bertz CT molecular complexity index is 1370. The molecular weight excluding hydrogens is 455 g/mol. The van der Waals surface area contributed by atoms with Crippen LogP contribution in [0.4, 0.5) is 13.2 Å². The van der Waals surface area contributed by atoms with Gasteiger partial charge in [-0.1, -0.05) is 30.3 Å². The molecule has 2 aromatic carbocycles. The zero-order chi connectivity index (χ0) is 24.7. The van der Waals surface area contributed by atoms with Gasteiger partial charge in [-0.25, -0.2) is 4.98 Å². The SMILES string of the molecule is Cn1c(-c2ccc(-c3ccccc3)n2CC(F)(F)F)nc2cc(C(=O)N3CCC[C@@H](N)C3)ccc21. The first kappa shape index (κ1) is 23.2. The number of halogens is 3. The molecule has 9 heteroatoms. The van der Waals surface area contributed by atoms with Gasteiger partial charge < -0.3 is 19.8 Å². The summed E-state index contributed by atoms with van der Waals surface area (Å²) in [6.07, 6.45) is -2.64. The number of nitrogens with zero attached hydrogens (tertiary/aromatic N) is 4. The van der Waals surface area contributed by atoms with E-state index in [9.17, 15) is 18.0 Å². The van der Waals surface area contributed by atoms with E-state index in [1.54, 1.807) is 71.1 Å². The monoisotopic (exact) mass is 481 g/mol. The molecule has 2 N–H and O–H groups in total. The van der Waals surface area contributed by atoms with E-state index in [2.05, 4.69) is 4.98 Å². The molecule has 0 aliphatic carbocycles. The minimum atomic E-state index is -4.41. The molecule has 0 radical (unpaired) electrons. The van der Waals surface area contributed by atoms with Crippen LogP contribution in [-0.2, 0) is 13.6 Å². The number of amides is 1. The van der Waals surface area contributed by atoms with Crippen LogP contribution in [0.3, 0.4) is 0 Å². The highest BCUT2D eigenvalue weighted by Crippen LogP contribution is 2.33. The van der Waals surface area contributed by atoms with Crippen LogP contribution in [0.15, 0.2) is 60.7 Å². The maximum atomic E-state index is 13.6. The summed E-state index contributed by atoms with van der Waals surface area (Å²) in [5.74, 6) is 0.289. The number of aryl methyl sites for hydroxylation is 1. The zero-order valence-electron chi connectivity index (χ0n) is 19.3. The predicted octanol–water partition coefficient (Wildman–Crippen LogP) is 4.83. The molecule has 2 aromatic heterocycles. The maximum absolute atomic E-state index is 13.6. The van der Waals surface area contributed by atoms with Crippen molar-refractivity contribution < 1.29 is 18.0 Å². The van der Waals surface area contributed by atoms with Crippen molar-refractivity contribution in [2.45, 2.75) is 31.6 Å².